The highest BCUT2D eigenvalue weighted by atomic mass is 32.2. The normalized spacial score (nSPS) is 21.1. The Labute approximate surface area is 190 Å². The average Bonchev–Trinajstić information content (AvgIpc) is 2.97. The third-order valence-electron chi connectivity index (χ3n) is 6.73. The Kier molecular flexibility index (Phi) is 5.88. The summed E-state index contributed by atoms with van der Waals surface area (Å²) >= 11 is 0. The number of nitrogens with zero attached hydrogens (tertiary/aromatic N) is 1. The van der Waals surface area contributed by atoms with Gasteiger partial charge in [0.25, 0.3) is 10.0 Å². The highest BCUT2D eigenvalue weighted by molar-refractivity contribution is 7.92. The number of amides is 2. The molecule has 1 saturated carbocycles. The molecule has 0 bridgehead atoms. The Bertz CT molecular complexity index is 1160. The molecular weight excluding hydrogens is 424 g/mol. The van der Waals surface area contributed by atoms with E-state index in [0.29, 0.717) is 16.8 Å². The molecule has 2 aromatic rings. The van der Waals surface area contributed by atoms with Crippen LogP contribution in [0.2, 0.25) is 0 Å². The van der Waals surface area contributed by atoms with Crippen molar-refractivity contribution in [2.24, 2.45) is 11.8 Å². The third-order valence-corrected chi connectivity index (χ3v) is 8.22. The molecule has 170 valence electrons. The highest BCUT2D eigenvalue weighted by Crippen LogP contribution is 2.38. The number of carbonyl (C=O) groups excluding carboxylic acids is 2. The molecule has 32 heavy (non-hydrogen) atoms. The second-order valence-electron chi connectivity index (χ2n) is 9.24. The zero-order valence-electron chi connectivity index (χ0n) is 19.1. The molecule has 2 atom stereocenters. The van der Waals surface area contributed by atoms with Crippen LogP contribution in [0.3, 0.4) is 0 Å². The summed E-state index contributed by atoms with van der Waals surface area (Å²) < 4.78 is 29.3. The number of sulfonamides is 1. The van der Waals surface area contributed by atoms with Crippen molar-refractivity contribution < 1.29 is 18.0 Å². The number of benzene rings is 2. The lowest BCUT2D eigenvalue weighted by Gasteiger charge is -2.19. The van der Waals surface area contributed by atoms with Crippen LogP contribution in [0.15, 0.2) is 35.2 Å². The predicted molar refractivity (Wildman–Crippen MR) is 124 cm³/mol. The van der Waals surface area contributed by atoms with Crippen LogP contribution in [0.25, 0.3) is 0 Å². The smallest absolute Gasteiger partial charge is 0.262 e. The Hall–Kier alpha value is -2.67. The molecular formula is C25H30N2O4S. The van der Waals surface area contributed by atoms with Gasteiger partial charge in [-0.2, -0.15) is 0 Å². The van der Waals surface area contributed by atoms with Gasteiger partial charge in [-0.3, -0.25) is 19.2 Å². The van der Waals surface area contributed by atoms with Crippen molar-refractivity contribution in [2.75, 3.05) is 4.72 Å². The van der Waals surface area contributed by atoms with E-state index in [2.05, 4.69) is 4.72 Å². The standard InChI is InChI=1S/C25H30N2O4S/c1-15-11-17(3)23(18(4)12-15)26-32(30,31)22-13-19(10-9-16(22)2)14-27-24(28)20-7-5-6-8-21(20)25(27)29/h9-13,20-21,26H,5-8,14H2,1-4H3/t20-,21+. The van der Waals surface area contributed by atoms with E-state index < -0.39 is 10.0 Å². The van der Waals surface area contributed by atoms with Gasteiger partial charge in [0.1, 0.15) is 0 Å². The van der Waals surface area contributed by atoms with Gasteiger partial charge in [0.2, 0.25) is 11.8 Å². The van der Waals surface area contributed by atoms with Gasteiger partial charge in [0, 0.05) is 0 Å². The van der Waals surface area contributed by atoms with E-state index >= 15 is 0 Å². The molecule has 1 aliphatic heterocycles. The number of hydrogen-bond acceptors (Lipinski definition) is 4. The number of aryl methyl sites for hydroxylation is 4. The first kappa shape index (κ1) is 22.5. The van der Waals surface area contributed by atoms with Crippen LogP contribution in [0.5, 0.6) is 0 Å². The number of rotatable bonds is 5. The molecule has 0 aromatic heterocycles. The van der Waals surface area contributed by atoms with Crippen molar-refractivity contribution in [3.05, 3.63) is 58.1 Å². The van der Waals surface area contributed by atoms with E-state index in [1.807, 2.05) is 32.9 Å². The van der Waals surface area contributed by atoms with Crippen LogP contribution in [-0.4, -0.2) is 25.1 Å². The van der Waals surface area contributed by atoms with Crippen LogP contribution < -0.4 is 4.72 Å². The summed E-state index contributed by atoms with van der Waals surface area (Å²) in [7, 11) is -3.84. The minimum atomic E-state index is -3.84. The van der Waals surface area contributed by atoms with Crippen LogP contribution in [0.4, 0.5) is 5.69 Å². The van der Waals surface area contributed by atoms with Crippen molar-refractivity contribution in [3.8, 4) is 0 Å². The molecule has 2 aliphatic rings. The van der Waals surface area contributed by atoms with E-state index in [-0.39, 0.29) is 35.1 Å². The lowest BCUT2D eigenvalue weighted by atomic mass is 9.81. The molecule has 0 unspecified atom stereocenters. The SMILES string of the molecule is Cc1cc(C)c(NS(=O)(=O)c2cc(CN3C(=O)[C@H]4CCCC[C@H]4C3=O)ccc2C)c(C)c1. The summed E-state index contributed by atoms with van der Waals surface area (Å²) in [6, 6.07) is 8.99. The summed E-state index contributed by atoms with van der Waals surface area (Å²) in [6.45, 7) is 7.59. The number of nitrogens with one attached hydrogen (secondary N) is 1. The highest BCUT2D eigenvalue weighted by Gasteiger charge is 2.47. The quantitative estimate of drug-likeness (QED) is 0.679. The Balaban J connectivity index is 1.62. The maximum absolute atomic E-state index is 13.3. The van der Waals surface area contributed by atoms with E-state index in [4.69, 9.17) is 0 Å². The Morgan fingerprint density at radius 1 is 0.875 bits per heavy atom. The van der Waals surface area contributed by atoms with Crippen molar-refractivity contribution >= 4 is 27.5 Å². The Morgan fingerprint density at radius 3 is 2.00 bits per heavy atom. The van der Waals surface area contributed by atoms with Crippen molar-refractivity contribution in [1.82, 2.24) is 4.90 Å². The topological polar surface area (TPSA) is 83.6 Å². The van der Waals surface area contributed by atoms with E-state index in [1.165, 1.54) is 4.90 Å². The number of imide groups is 1. The number of carbonyl (C=O) groups is 2. The zero-order valence-corrected chi connectivity index (χ0v) is 19.9. The summed E-state index contributed by atoms with van der Waals surface area (Å²) in [5.74, 6) is -0.652. The number of likely N-dealkylation sites (tertiary alicyclic amines) is 1. The van der Waals surface area contributed by atoms with Gasteiger partial charge in [-0.25, -0.2) is 8.42 Å². The summed E-state index contributed by atoms with van der Waals surface area (Å²) in [4.78, 5) is 27.1. The summed E-state index contributed by atoms with van der Waals surface area (Å²) in [5, 5.41) is 0. The molecule has 2 amide bonds. The molecule has 0 spiro atoms. The van der Waals surface area contributed by atoms with Crippen molar-refractivity contribution in [2.45, 2.75) is 64.8 Å². The molecule has 1 N–H and O–H groups in total. The zero-order chi connectivity index (χ0) is 23.2. The van der Waals surface area contributed by atoms with Gasteiger partial charge >= 0.3 is 0 Å². The molecule has 0 radical (unpaired) electrons. The van der Waals surface area contributed by atoms with Gasteiger partial charge in [-0.05, 0) is 68.9 Å². The largest absolute Gasteiger partial charge is 0.279 e. The van der Waals surface area contributed by atoms with E-state index in [0.717, 1.165) is 42.4 Å². The van der Waals surface area contributed by atoms with Crippen LogP contribution in [0.1, 0.15) is 53.5 Å². The molecule has 6 nitrogen and oxygen atoms in total. The van der Waals surface area contributed by atoms with Crippen molar-refractivity contribution in [3.63, 3.8) is 0 Å². The fourth-order valence-corrected chi connectivity index (χ4v) is 6.63. The van der Waals surface area contributed by atoms with Crippen LogP contribution in [0, 0.1) is 39.5 Å². The summed E-state index contributed by atoms with van der Waals surface area (Å²) in [6.07, 6.45) is 3.48. The van der Waals surface area contributed by atoms with Gasteiger partial charge in [-0.15, -0.1) is 0 Å². The molecule has 7 heteroatoms. The second kappa shape index (κ2) is 8.35. The first-order valence-electron chi connectivity index (χ1n) is 11.1. The minimum absolute atomic E-state index is 0.107. The predicted octanol–water partition coefficient (Wildman–Crippen LogP) is 4.40. The monoisotopic (exact) mass is 454 g/mol. The van der Waals surface area contributed by atoms with E-state index in [9.17, 15) is 18.0 Å². The molecule has 1 aliphatic carbocycles. The average molecular weight is 455 g/mol. The van der Waals surface area contributed by atoms with Crippen LogP contribution in [-0.2, 0) is 26.2 Å². The number of hydrogen-bond donors (Lipinski definition) is 1. The second-order valence-corrected chi connectivity index (χ2v) is 10.9. The first-order chi connectivity index (χ1) is 15.1. The first-order valence-corrected chi connectivity index (χ1v) is 12.6. The maximum atomic E-state index is 13.3. The van der Waals surface area contributed by atoms with E-state index in [1.54, 1.807) is 25.1 Å². The fraction of sp³-hybridized carbons (Fsp3) is 0.440. The van der Waals surface area contributed by atoms with Crippen molar-refractivity contribution in [1.29, 1.82) is 0 Å². The molecule has 1 saturated heterocycles. The minimum Gasteiger partial charge on any atom is -0.279 e. The number of anilines is 1. The third kappa shape index (κ3) is 4.06. The molecule has 4 rings (SSSR count). The lowest BCUT2D eigenvalue weighted by Crippen LogP contribution is -2.30. The number of fused-ring (bicyclic) bond motifs is 1. The van der Waals surface area contributed by atoms with Gasteiger partial charge in [-0.1, -0.05) is 42.7 Å². The lowest BCUT2D eigenvalue weighted by molar-refractivity contribution is -0.140. The Morgan fingerprint density at radius 2 is 1.44 bits per heavy atom. The molecule has 1 heterocycles. The van der Waals surface area contributed by atoms with Crippen LogP contribution >= 0.6 is 0 Å². The van der Waals surface area contributed by atoms with Gasteiger partial charge < -0.3 is 0 Å². The molecule has 2 fully saturated rings. The summed E-state index contributed by atoms with van der Waals surface area (Å²) in [5.41, 5.74) is 4.60. The fourth-order valence-electron chi connectivity index (χ4n) is 5.13. The van der Waals surface area contributed by atoms with Gasteiger partial charge in [0.05, 0.1) is 29.0 Å². The molecule has 2 aromatic carbocycles. The maximum Gasteiger partial charge on any atom is 0.262 e. The van der Waals surface area contributed by atoms with Gasteiger partial charge in [0.15, 0.2) is 0 Å².